The molecule has 2 heterocycles. The van der Waals surface area contributed by atoms with Gasteiger partial charge in [-0.1, -0.05) is 35.9 Å². The first-order valence-electron chi connectivity index (χ1n) is 8.76. The summed E-state index contributed by atoms with van der Waals surface area (Å²) in [6.07, 6.45) is 1.44. The number of carbonyl (C=O) groups excluding carboxylic acids is 1. The Morgan fingerprint density at radius 3 is 2.48 bits per heavy atom. The molecule has 144 valence electrons. The van der Waals surface area contributed by atoms with Crippen LogP contribution in [-0.4, -0.2) is 20.9 Å². The lowest BCUT2D eigenvalue weighted by Crippen LogP contribution is -2.12. The molecule has 0 bridgehead atoms. The zero-order valence-electron chi connectivity index (χ0n) is 15.1. The standard InChI is InChI=1S/C21H15Cl2N5O/c22-18-10-7-14(12-24-18)20(29)26-15-8-5-13(6-9-15)11-25-19-16-3-1-2-4-17(16)27-21(23)28-19/h1-10,12H,11H2,(H,26,29)(H,25,27,28). The van der Waals surface area contributed by atoms with Gasteiger partial charge in [0.15, 0.2) is 0 Å². The fourth-order valence-electron chi connectivity index (χ4n) is 2.79. The van der Waals surface area contributed by atoms with E-state index in [9.17, 15) is 4.79 Å². The molecule has 0 atom stereocenters. The third kappa shape index (κ3) is 4.62. The quantitative estimate of drug-likeness (QED) is 0.340. The third-order valence-electron chi connectivity index (χ3n) is 4.24. The molecule has 29 heavy (non-hydrogen) atoms. The second-order valence-corrected chi connectivity index (χ2v) is 6.96. The molecule has 2 N–H and O–H groups in total. The Bertz CT molecular complexity index is 1160. The highest BCUT2D eigenvalue weighted by atomic mass is 35.5. The summed E-state index contributed by atoms with van der Waals surface area (Å²) in [7, 11) is 0. The van der Waals surface area contributed by atoms with Crippen molar-refractivity contribution in [3.63, 3.8) is 0 Å². The van der Waals surface area contributed by atoms with Crippen molar-refractivity contribution in [3.8, 4) is 0 Å². The van der Waals surface area contributed by atoms with Crippen LogP contribution < -0.4 is 10.6 Å². The number of aromatic nitrogens is 3. The first kappa shape index (κ1) is 19.1. The van der Waals surface area contributed by atoms with Gasteiger partial charge in [-0.15, -0.1) is 0 Å². The highest BCUT2D eigenvalue weighted by Crippen LogP contribution is 2.22. The Kier molecular flexibility index (Phi) is 5.55. The minimum absolute atomic E-state index is 0.195. The zero-order chi connectivity index (χ0) is 20.2. The molecule has 0 unspecified atom stereocenters. The summed E-state index contributed by atoms with van der Waals surface area (Å²) < 4.78 is 0. The number of para-hydroxylation sites is 1. The van der Waals surface area contributed by atoms with E-state index in [2.05, 4.69) is 25.6 Å². The molecular weight excluding hydrogens is 409 g/mol. The van der Waals surface area contributed by atoms with Crippen molar-refractivity contribution in [2.75, 3.05) is 10.6 Å². The van der Waals surface area contributed by atoms with Gasteiger partial charge in [0.25, 0.3) is 5.91 Å². The van der Waals surface area contributed by atoms with E-state index in [0.717, 1.165) is 16.5 Å². The van der Waals surface area contributed by atoms with Crippen molar-refractivity contribution < 1.29 is 4.79 Å². The molecule has 4 rings (SSSR count). The molecule has 0 radical (unpaired) electrons. The van der Waals surface area contributed by atoms with Gasteiger partial charge in [0, 0.05) is 23.8 Å². The van der Waals surface area contributed by atoms with Gasteiger partial charge in [-0.05, 0) is 53.6 Å². The third-order valence-corrected chi connectivity index (χ3v) is 4.63. The first-order valence-corrected chi connectivity index (χ1v) is 9.52. The van der Waals surface area contributed by atoms with Gasteiger partial charge >= 0.3 is 0 Å². The number of amides is 1. The van der Waals surface area contributed by atoms with E-state index in [1.807, 2.05) is 48.5 Å². The predicted octanol–water partition coefficient (Wildman–Crippen LogP) is 5.20. The maximum atomic E-state index is 12.2. The van der Waals surface area contributed by atoms with Crippen molar-refractivity contribution >= 4 is 51.5 Å². The number of hydrogen-bond donors (Lipinski definition) is 2. The molecule has 4 aromatic rings. The van der Waals surface area contributed by atoms with Gasteiger partial charge in [0.2, 0.25) is 5.28 Å². The van der Waals surface area contributed by atoms with E-state index in [0.29, 0.717) is 28.8 Å². The van der Waals surface area contributed by atoms with Gasteiger partial charge in [-0.2, -0.15) is 0 Å². The predicted molar refractivity (Wildman–Crippen MR) is 116 cm³/mol. The Balaban J connectivity index is 1.42. The van der Waals surface area contributed by atoms with E-state index < -0.39 is 0 Å². The molecule has 6 nitrogen and oxygen atoms in total. The van der Waals surface area contributed by atoms with Crippen LogP contribution >= 0.6 is 23.2 Å². The number of carbonyl (C=O) groups is 1. The summed E-state index contributed by atoms with van der Waals surface area (Å²) in [5.74, 6) is 0.426. The highest BCUT2D eigenvalue weighted by Gasteiger charge is 2.08. The molecule has 0 aliphatic rings. The average molecular weight is 424 g/mol. The van der Waals surface area contributed by atoms with Crippen LogP contribution in [0.3, 0.4) is 0 Å². The van der Waals surface area contributed by atoms with Crippen molar-refractivity contribution in [2.24, 2.45) is 0 Å². The number of benzene rings is 2. The lowest BCUT2D eigenvalue weighted by molar-refractivity contribution is 0.102. The molecule has 0 saturated heterocycles. The van der Waals surface area contributed by atoms with Crippen LogP contribution in [-0.2, 0) is 6.54 Å². The van der Waals surface area contributed by atoms with Crippen LogP contribution in [0.25, 0.3) is 10.9 Å². The van der Waals surface area contributed by atoms with E-state index >= 15 is 0 Å². The minimum atomic E-state index is -0.248. The smallest absolute Gasteiger partial charge is 0.257 e. The van der Waals surface area contributed by atoms with Crippen LogP contribution in [0.2, 0.25) is 10.4 Å². The molecule has 0 aliphatic carbocycles. The number of pyridine rings is 1. The Morgan fingerprint density at radius 2 is 1.72 bits per heavy atom. The van der Waals surface area contributed by atoms with E-state index in [4.69, 9.17) is 23.2 Å². The number of hydrogen-bond acceptors (Lipinski definition) is 5. The summed E-state index contributed by atoms with van der Waals surface area (Å²) in [5, 5.41) is 7.56. The lowest BCUT2D eigenvalue weighted by atomic mass is 10.2. The summed E-state index contributed by atoms with van der Waals surface area (Å²) in [5.41, 5.74) is 2.93. The maximum absolute atomic E-state index is 12.2. The van der Waals surface area contributed by atoms with Crippen LogP contribution in [0.4, 0.5) is 11.5 Å². The Hall–Kier alpha value is -3.22. The van der Waals surface area contributed by atoms with E-state index in [-0.39, 0.29) is 11.2 Å². The van der Waals surface area contributed by atoms with Gasteiger partial charge in [0.1, 0.15) is 11.0 Å². The van der Waals surface area contributed by atoms with Crippen LogP contribution in [0.5, 0.6) is 0 Å². The minimum Gasteiger partial charge on any atom is -0.365 e. The Morgan fingerprint density at radius 1 is 0.931 bits per heavy atom. The van der Waals surface area contributed by atoms with Crippen LogP contribution in [0.1, 0.15) is 15.9 Å². The fraction of sp³-hybridized carbons (Fsp3) is 0.0476. The summed E-state index contributed by atoms with van der Waals surface area (Å²) in [6, 6.07) is 18.4. The topological polar surface area (TPSA) is 79.8 Å². The molecule has 0 spiro atoms. The number of halogens is 2. The molecule has 2 aromatic heterocycles. The zero-order valence-corrected chi connectivity index (χ0v) is 16.6. The van der Waals surface area contributed by atoms with E-state index in [1.165, 1.54) is 6.20 Å². The summed E-state index contributed by atoms with van der Waals surface area (Å²) in [6.45, 7) is 0.548. The number of rotatable bonds is 5. The highest BCUT2D eigenvalue weighted by molar-refractivity contribution is 6.29. The Labute approximate surface area is 176 Å². The van der Waals surface area contributed by atoms with Crippen LogP contribution in [0.15, 0.2) is 66.9 Å². The number of nitrogens with zero attached hydrogens (tertiary/aromatic N) is 3. The number of fused-ring (bicyclic) bond motifs is 1. The fourth-order valence-corrected chi connectivity index (χ4v) is 3.08. The maximum Gasteiger partial charge on any atom is 0.257 e. The second kappa shape index (κ2) is 8.43. The normalized spacial score (nSPS) is 10.7. The molecule has 0 saturated carbocycles. The molecule has 1 amide bonds. The molecule has 0 fully saturated rings. The van der Waals surface area contributed by atoms with Gasteiger partial charge in [0.05, 0.1) is 11.1 Å². The van der Waals surface area contributed by atoms with E-state index in [1.54, 1.807) is 12.1 Å². The van der Waals surface area contributed by atoms with Crippen molar-refractivity contribution in [2.45, 2.75) is 6.54 Å². The van der Waals surface area contributed by atoms with Crippen molar-refractivity contribution in [1.29, 1.82) is 0 Å². The first-order chi connectivity index (χ1) is 14.1. The van der Waals surface area contributed by atoms with Crippen molar-refractivity contribution in [1.82, 2.24) is 15.0 Å². The van der Waals surface area contributed by atoms with Gasteiger partial charge in [-0.3, -0.25) is 4.79 Å². The van der Waals surface area contributed by atoms with Crippen LogP contribution in [0, 0.1) is 0 Å². The summed E-state index contributed by atoms with van der Waals surface area (Å²) in [4.78, 5) is 24.7. The molecule has 0 aliphatic heterocycles. The SMILES string of the molecule is O=C(Nc1ccc(CNc2nc(Cl)nc3ccccc23)cc1)c1ccc(Cl)nc1. The number of anilines is 2. The molecule has 2 aromatic carbocycles. The average Bonchev–Trinajstić information content (AvgIpc) is 2.73. The second-order valence-electron chi connectivity index (χ2n) is 6.23. The van der Waals surface area contributed by atoms with Gasteiger partial charge < -0.3 is 10.6 Å². The molecule has 8 heteroatoms. The summed E-state index contributed by atoms with van der Waals surface area (Å²) >= 11 is 11.8. The molecular formula is C21H15Cl2N5O. The largest absolute Gasteiger partial charge is 0.365 e. The monoisotopic (exact) mass is 423 g/mol. The van der Waals surface area contributed by atoms with Gasteiger partial charge in [-0.25, -0.2) is 15.0 Å². The lowest BCUT2D eigenvalue weighted by Gasteiger charge is -2.10. The van der Waals surface area contributed by atoms with Crippen molar-refractivity contribution in [3.05, 3.63) is 88.4 Å². The number of nitrogens with one attached hydrogen (secondary N) is 2.